The fourth-order valence-corrected chi connectivity index (χ4v) is 4.52. The molecule has 1 amide bonds. The Hall–Kier alpha value is -2.00. The minimum absolute atomic E-state index is 0.121. The number of pyridine rings is 1. The number of piperidine rings is 1. The highest BCUT2D eigenvalue weighted by atomic mass is 32.2. The van der Waals surface area contributed by atoms with Crippen LogP contribution >= 0.6 is 0 Å². The number of hydrogen-bond donors (Lipinski definition) is 1. The molecule has 0 aliphatic carbocycles. The number of nitrogens with one attached hydrogen (secondary N) is 1. The van der Waals surface area contributed by atoms with Crippen LogP contribution in [0.4, 0.5) is 5.95 Å². The average Bonchev–Trinajstić information content (AvgIpc) is 2.98. The Labute approximate surface area is 140 Å². The summed E-state index contributed by atoms with van der Waals surface area (Å²) in [5.74, 6) is -0.119. The Morgan fingerprint density at radius 3 is 3.00 bits per heavy atom. The fourth-order valence-electron chi connectivity index (χ4n) is 2.94. The number of amides is 1. The first-order valence-electron chi connectivity index (χ1n) is 8.09. The Kier molecular flexibility index (Phi) is 4.81. The van der Waals surface area contributed by atoms with Crippen molar-refractivity contribution in [2.75, 3.05) is 24.2 Å². The normalized spacial score (nSPS) is 19.5. The number of fused-ring (bicyclic) bond motifs is 1. The third-order valence-corrected chi connectivity index (χ3v) is 6.20. The molecule has 24 heavy (non-hydrogen) atoms. The summed E-state index contributed by atoms with van der Waals surface area (Å²) in [6.07, 6.45) is 3.69. The highest BCUT2D eigenvalue weighted by Crippen LogP contribution is 2.21. The van der Waals surface area contributed by atoms with Crippen molar-refractivity contribution in [2.45, 2.75) is 26.2 Å². The number of anilines is 1. The summed E-state index contributed by atoms with van der Waals surface area (Å²) in [6.45, 7) is 2.55. The molecule has 1 N–H and O–H groups in total. The van der Waals surface area contributed by atoms with Gasteiger partial charge in [0.1, 0.15) is 0 Å². The highest BCUT2D eigenvalue weighted by molar-refractivity contribution is 7.89. The molecule has 3 heterocycles. The zero-order valence-corrected chi connectivity index (χ0v) is 14.4. The second kappa shape index (κ2) is 6.86. The zero-order valence-electron chi connectivity index (χ0n) is 13.6. The lowest BCUT2D eigenvalue weighted by Crippen LogP contribution is -2.44. The van der Waals surface area contributed by atoms with Crippen molar-refractivity contribution < 1.29 is 13.2 Å². The molecule has 1 saturated heterocycles. The van der Waals surface area contributed by atoms with Crippen molar-refractivity contribution in [1.82, 2.24) is 18.9 Å². The maximum atomic E-state index is 12.5. The number of aromatic nitrogens is 3. The zero-order chi connectivity index (χ0) is 17.2. The van der Waals surface area contributed by atoms with Gasteiger partial charge in [-0.1, -0.05) is 13.0 Å². The van der Waals surface area contributed by atoms with Gasteiger partial charge in [-0.2, -0.15) is 0 Å². The molecular formula is C15H21N5O3S. The molecule has 8 nitrogen and oxygen atoms in total. The van der Waals surface area contributed by atoms with Gasteiger partial charge in [0.25, 0.3) is 0 Å². The van der Waals surface area contributed by atoms with Crippen LogP contribution in [-0.2, 0) is 14.8 Å². The quantitative estimate of drug-likeness (QED) is 0.871. The monoisotopic (exact) mass is 351 g/mol. The van der Waals surface area contributed by atoms with E-state index in [0.29, 0.717) is 37.4 Å². The molecule has 9 heteroatoms. The van der Waals surface area contributed by atoms with E-state index in [-0.39, 0.29) is 24.1 Å². The van der Waals surface area contributed by atoms with Crippen molar-refractivity contribution in [2.24, 2.45) is 5.92 Å². The van der Waals surface area contributed by atoms with E-state index in [2.05, 4.69) is 15.5 Å². The molecule has 0 bridgehead atoms. The number of hydrogen-bond acceptors (Lipinski definition) is 5. The molecular weight excluding hydrogens is 330 g/mol. The van der Waals surface area contributed by atoms with Crippen molar-refractivity contribution in [3.05, 3.63) is 24.4 Å². The molecule has 1 aliphatic rings. The van der Waals surface area contributed by atoms with Gasteiger partial charge in [-0.25, -0.2) is 12.7 Å². The lowest BCUT2D eigenvalue weighted by Gasteiger charge is -2.30. The highest BCUT2D eigenvalue weighted by Gasteiger charge is 2.32. The number of carbonyl (C=O) groups excluding carboxylic acids is 1. The summed E-state index contributed by atoms with van der Waals surface area (Å²) >= 11 is 0. The molecule has 0 spiro atoms. The van der Waals surface area contributed by atoms with E-state index in [1.54, 1.807) is 16.7 Å². The SMILES string of the molecule is CCCS(=O)(=O)N1CCCC(C(=O)Nc2nnc3ccccn23)C1. The molecule has 2 aromatic rings. The summed E-state index contributed by atoms with van der Waals surface area (Å²) in [7, 11) is -3.28. The number of sulfonamides is 1. The third kappa shape index (κ3) is 3.41. The van der Waals surface area contributed by atoms with E-state index >= 15 is 0 Å². The predicted octanol–water partition coefficient (Wildman–Crippen LogP) is 1.12. The smallest absolute Gasteiger partial charge is 0.235 e. The standard InChI is InChI=1S/C15H21N5O3S/c1-2-10-24(22,23)19-8-5-6-12(11-19)14(21)16-15-18-17-13-7-3-4-9-20(13)15/h3-4,7,9,12H,2,5-6,8,10-11H2,1H3,(H,16,18,21). The van der Waals surface area contributed by atoms with Gasteiger partial charge in [-0.3, -0.25) is 14.5 Å². The van der Waals surface area contributed by atoms with E-state index in [1.165, 1.54) is 4.31 Å². The van der Waals surface area contributed by atoms with Gasteiger partial charge < -0.3 is 0 Å². The van der Waals surface area contributed by atoms with Crippen LogP contribution in [0.15, 0.2) is 24.4 Å². The molecule has 0 saturated carbocycles. The summed E-state index contributed by atoms with van der Waals surface area (Å²) in [5.41, 5.74) is 0.642. The van der Waals surface area contributed by atoms with Gasteiger partial charge in [-0.15, -0.1) is 10.2 Å². The topological polar surface area (TPSA) is 96.7 Å². The Morgan fingerprint density at radius 2 is 2.21 bits per heavy atom. The Morgan fingerprint density at radius 1 is 1.38 bits per heavy atom. The van der Waals surface area contributed by atoms with E-state index in [1.807, 2.05) is 19.1 Å². The number of nitrogens with zero attached hydrogens (tertiary/aromatic N) is 4. The van der Waals surface area contributed by atoms with Crippen molar-refractivity contribution in [3.63, 3.8) is 0 Å². The minimum atomic E-state index is -3.28. The number of rotatable bonds is 5. The second-order valence-electron chi connectivity index (χ2n) is 5.95. The minimum Gasteiger partial charge on any atom is -0.294 e. The number of carbonyl (C=O) groups is 1. The molecule has 3 rings (SSSR count). The molecule has 1 atom stereocenters. The molecule has 2 aromatic heterocycles. The van der Waals surface area contributed by atoms with Crippen LogP contribution in [0.1, 0.15) is 26.2 Å². The Bertz CT molecular complexity index is 833. The van der Waals surface area contributed by atoms with Crippen LogP contribution in [-0.4, -0.2) is 52.1 Å². The summed E-state index contributed by atoms with van der Waals surface area (Å²) in [4.78, 5) is 12.5. The summed E-state index contributed by atoms with van der Waals surface area (Å²) in [5, 5.41) is 10.7. The first-order chi connectivity index (χ1) is 11.5. The summed E-state index contributed by atoms with van der Waals surface area (Å²) in [6, 6.07) is 5.46. The maximum Gasteiger partial charge on any atom is 0.235 e. The van der Waals surface area contributed by atoms with Gasteiger partial charge in [0.05, 0.1) is 11.7 Å². The van der Waals surface area contributed by atoms with Crippen molar-refractivity contribution in [3.8, 4) is 0 Å². The van der Waals surface area contributed by atoms with E-state index in [9.17, 15) is 13.2 Å². The van der Waals surface area contributed by atoms with Crippen LogP contribution in [0, 0.1) is 5.92 Å². The molecule has 1 aliphatic heterocycles. The van der Waals surface area contributed by atoms with Crippen LogP contribution < -0.4 is 5.32 Å². The predicted molar refractivity (Wildman–Crippen MR) is 90.0 cm³/mol. The van der Waals surface area contributed by atoms with Gasteiger partial charge in [0.15, 0.2) is 5.65 Å². The van der Waals surface area contributed by atoms with Crippen LogP contribution in [0.3, 0.4) is 0 Å². The van der Waals surface area contributed by atoms with Crippen LogP contribution in [0.25, 0.3) is 5.65 Å². The van der Waals surface area contributed by atoms with Gasteiger partial charge in [-0.05, 0) is 31.4 Å². The molecule has 130 valence electrons. The van der Waals surface area contributed by atoms with Gasteiger partial charge in [0.2, 0.25) is 21.9 Å². The van der Waals surface area contributed by atoms with Gasteiger partial charge in [0, 0.05) is 19.3 Å². The van der Waals surface area contributed by atoms with Crippen LogP contribution in [0.2, 0.25) is 0 Å². The van der Waals surface area contributed by atoms with E-state index < -0.39 is 10.0 Å². The largest absolute Gasteiger partial charge is 0.294 e. The lowest BCUT2D eigenvalue weighted by molar-refractivity contribution is -0.120. The van der Waals surface area contributed by atoms with Crippen LogP contribution in [0.5, 0.6) is 0 Å². The third-order valence-electron chi connectivity index (χ3n) is 4.16. The molecule has 1 fully saturated rings. The Balaban J connectivity index is 1.71. The van der Waals surface area contributed by atoms with E-state index in [4.69, 9.17) is 0 Å². The first-order valence-corrected chi connectivity index (χ1v) is 9.70. The molecule has 1 unspecified atom stereocenters. The molecule has 0 aromatic carbocycles. The maximum absolute atomic E-state index is 12.5. The summed E-state index contributed by atoms with van der Waals surface area (Å²) < 4.78 is 27.6. The van der Waals surface area contributed by atoms with Crippen molar-refractivity contribution >= 4 is 27.5 Å². The fraction of sp³-hybridized carbons (Fsp3) is 0.533. The average molecular weight is 351 g/mol. The van der Waals surface area contributed by atoms with Gasteiger partial charge >= 0.3 is 0 Å². The molecule has 0 radical (unpaired) electrons. The first kappa shape index (κ1) is 16.8. The van der Waals surface area contributed by atoms with Crippen molar-refractivity contribution in [1.29, 1.82) is 0 Å². The second-order valence-corrected chi connectivity index (χ2v) is 8.04. The van der Waals surface area contributed by atoms with E-state index in [0.717, 1.165) is 0 Å². The lowest BCUT2D eigenvalue weighted by atomic mass is 9.99.